The minimum Gasteiger partial charge on any atom is -0.482 e. The zero-order valence-electron chi connectivity index (χ0n) is 11.5. The van der Waals surface area contributed by atoms with E-state index in [1.807, 2.05) is 0 Å². The number of hydrogen-bond donors (Lipinski definition) is 2. The molecule has 0 saturated carbocycles. The zero-order valence-corrected chi connectivity index (χ0v) is 12.2. The first kappa shape index (κ1) is 16.3. The maximum Gasteiger partial charge on any atom is 0.335 e. The largest absolute Gasteiger partial charge is 0.482 e. The lowest BCUT2D eigenvalue weighted by Crippen LogP contribution is -2.30. The van der Waals surface area contributed by atoms with E-state index in [1.165, 1.54) is 18.2 Å². The van der Waals surface area contributed by atoms with Crippen molar-refractivity contribution in [2.45, 2.75) is 20.3 Å². The van der Waals surface area contributed by atoms with E-state index < -0.39 is 5.97 Å². The molecule has 2 N–H and O–H groups in total. The van der Waals surface area contributed by atoms with Crippen molar-refractivity contribution in [1.82, 2.24) is 5.32 Å². The quantitative estimate of drug-likeness (QED) is 0.811. The number of carbonyl (C=O) groups excluding carboxylic acids is 1. The van der Waals surface area contributed by atoms with E-state index in [9.17, 15) is 9.59 Å². The number of nitrogens with one attached hydrogen (secondary N) is 1. The molecule has 0 fully saturated rings. The first-order chi connectivity index (χ1) is 9.40. The molecule has 0 bridgehead atoms. The Balaban J connectivity index is 2.45. The summed E-state index contributed by atoms with van der Waals surface area (Å²) in [6, 6.07) is 4.10. The minimum absolute atomic E-state index is 0.0729. The zero-order chi connectivity index (χ0) is 15.1. The summed E-state index contributed by atoms with van der Waals surface area (Å²) >= 11 is 5.88. The third kappa shape index (κ3) is 5.48. The number of rotatable bonds is 7. The van der Waals surface area contributed by atoms with Gasteiger partial charge in [0.1, 0.15) is 5.75 Å². The summed E-state index contributed by atoms with van der Waals surface area (Å²) in [5.41, 5.74) is 0.0729. The molecule has 0 unspecified atom stereocenters. The molecule has 6 heteroatoms. The number of carboxylic acid groups (broad SMARTS) is 1. The highest BCUT2D eigenvalue weighted by atomic mass is 35.5. The van der Waals surface area contributed by atoms with Crippen LogP contribution in [0.25, 0.3) is 0 Å². The van der Waals surface area contributed by atoms with Crippen LogP contribution in [-0.2, 0) is 4.79 Å². The summed E-state index contributed by atoms with van der Waals surface area (Å²) in [6.07, 6.45) is 0.903. The Bertz CT molecular complexity index is 488. The molecule has 1 rings (SSSR count). The summed E-state index contributed by atoms with van der Waals surface area (Å²) in [6.45, 7) is 4.61. The van der Waals surface area contributed by atoms with E-state index in [4.69, 9.17) is 21.4 Å². The van der Waals surface area contributed by atoms with Crippen molar-refractivity contribution in [1.29, 1.82) is 0 Å². The molecule has 0 aliphatic rings. The third-order valence-electron chi connectivity index (χ3n) is 2.58. The van der Waals surface area contributed by atoms with Crippen molar-refractivity contribution in [3.05, 3.63) is 28.8 Å². The van der Waals surface area contributed by atoms with E-state index >= 15 is 0 Å². The first-order valence-corrected chi connectivity index (χ1v) is 6.70. The standard InChI is InChI=1S/C14H18ClNO4/c1-9(2)5-6-16-13(17)8-20-12-4-3-10(14(18)19)7-11(12)15/h3-4,7,9H,5-6,8H2,1-2H3,(H,16,17)(H,18,19). The average Bonchev–Trinajstić information content (AvgIpc) is 2.36. The monoisotopic (exact) mass is 299 g/mol. The van der Waals surface area contributed by atoms with Crippen LogP contribution >= 0.6 is 11.6 Å². The van der Waals surface area contributed by atoms with E-state index in [1.54, 1.807) is 0 Å². The van der Waals surface area contributed by atoms with Gasteiger partial charge in [0.2, 0.25) is 0 Å². The van der Waals surface area contributed by atoms with Gasteiger partial charge >= 0.3 is 5.97 Å². The smallest absolute Gasteiger partial charge is 0.335 e. The highest BCUT2D eigenvalue weighted by Crippen LogP contribution is 2.25. The number of amides is 1. The molecule has 0 aliphatic heterocycles. The van der Waals surface area contributed by atoms with Crippen LogP contribution in [0, 0.1) is 5.92 Å². The highest BCUT2D eigenvalue weighted by molar-refractivity contribution is 6.32. The average molecular weight is 300 g/mol. The molecule has 1 aromatic rings. The summed E-state index contributed by atoms with van der Waals surface area (Å²) in [5.74, 6) is -0.487. The van der Waals surface area contributed by atoms with Gasteiger partial charge in [-0.2, -0.15) is 0 Å². The van der Waals surface area contributed by atoms with E-state index in [2.05, 4.69) is 19.2 Å². The second-order valence-corrected chi connectivity index (χ2v) is 5.18. The van der Waals surface area contributed by atoms with Crippen LogP contribution < -0.4 is 10.1 Å². The predicted molar refractivity (Wildman–Crippen MR) is 76.4 cm³/mol. The Hall–Kier alpha value is -1.75. The molecule has 0 spiro atoms. The minimum atomic E-state index is -1.06. The maximum absolute atomic E-state index is 11.5. The van der Waals surface area contributed by atoms with Crippen molar-refractivity contribution < 1.29 is 19.4 Å². The molecule has 0 aromatic heterocycles. The van der Waals surface area contributed by atoms with Gasteiger partial charge < -0.3 is 15.2 Å². The van der Waals surface area contributed by atoms with Crippen LogP contribution in [0.4, 0.5) is 0 Å². The van der Waals surface area contributed by atoms with E-state index in [0.717, 1.165) is 6.42 Å². The van der Waals surface area contributed by atoms with E-state index in [-0.39, 0.29) is 28.8 Å². The molecule has 0 aliphatic carbocycles. The van der Waals surface area contributed by atoms with Crippen LogP contribution in [-0.4, -0.2) is 30.1 Å². The van der Waals surface area contributed by atoms with Crippen molar-refractivity contribution in [2.75, 3.05) is 13.2 Å². The summed E-state index contributed by atoms with van der Waals surface area (Å²) in [5, 5.41) is 11.7. The number of carbonyl (C=O) groups is 2. The predicted octanol–water partition coefficient (Wildman–Crippen LogP) is 2.58. The van der Waals surface area contributed by atoms with Crippen LogP contribution in [0.5, 0.6) is 5.75 Å². The number of aromatic carboxylic acids is 1. The highest BCUT2D eigenvalue weighted by Gasteiger charge is 2.09. The summed E-state index contributed by atoms with van der Waals surface area (Å²) < 4.78 is 5.25. The topological polar surface area (TPSA) is 75.6 Å². The Morgan fingerprint density at radius 2 is 2.10 bits per heavy atom. The SMILES string of the molecule is CC(C)CCNC(=O)COc1ccc(C(=O)O)cc1Cl. The lowest BCUT2D eigenvalue weighted by atomic mass is 10.1. The lowest BCUT2D eigenvalue weighted by molar-refractivity contribution is -0.123. The molecule has 1 aromatic carbocycles. The van der Waals surface area contributed by atoms with Gasteiger partial charge in [-0.05, 0) is 30.5 Å². The van der Waals surface area contributed by atoms with Crippen LogP contribution in [0.15, 0.2) is 18.2 Å². The fourth-order valence-electron chi connectivity index (χ4n) is 1.45. The lowest BCUT2D eigenvalue weighted by Gasteiger charge is -2.10. The van der Waals surface area contributed by atoms with Gasteiger partial charge in [0, 0.05) is 6.54 Å². The molecular weight excluding hydrogens is 282 g/mol. The van der Waals surface area contributed by atoms with Crippen LogP contribution in [0.1, 0.15) is 30.6 Å². The summed E-state index contributed by atoms with van der Waals surface area (Å²) in [7, 11) is 0. The molecule has 0 saturated heterocycles. The molecule has 0 atom stereocenters. The van der Waals surface area contributed by atoms with Crippen LogP contribution in [0.2, 0.25) is 5.02 Å². The number of benzene rings is 1. The summed E-state index contributed by atoms with van der Waals surface area (Å²) in [4.78, 5) is 22.3. The maximum atomic E-state index is 11.5. The van der Waals surface area contributed by atoms with Gasteiger partial charge in [-0.25, -0.2) is 4.79 Å². The number of ether oxygens (including phenoxy) is 1. The van der Waals surface area contributed by atoms with E-state index in [0.29, 0.717) is 12.5 Å². The van der Waals surface area contributed by atoms with Gasteiger partial charge in [0.05, 0.1) is 10.6 Å². The first-order valence-electron chi connectivity index (χ1n) is 6.32. The molecule has 1 amide bonds. The fraction of sp³-hybridized carbons (Fsp3) is 0.429. The van der Waals surface area contributed by atoms with Gasteiger partial charge in [0.25, 0.3) is 5.91 Å². The van der Waals surface area contributed by atoms with Gasteiger partial charge in [0.15, 0.2) is 6.61 Å². The third-order valence-corrected chi connectivity index (χ3v) is 2.88. The molecular formula is C14H18ClNO4. The van der Waals surface area contributed by atoms with Crippen LogP contribution in [0.3, 0.4) is 0 Å². The number of hydrogen-bond acceptors (Lipinski definition) is 3. The van der Waals surface area contributed by atoms with Gasteiger partial charge in [-0.15, -0.1) is 0 Å². The molecule has 0 heterocycles. The number of halogens is 1. The molecule has 5 nitrogen and oxygen atoms in total. The number of carboxylic acids is 1. The Labute approximate surface area is 122 Å². The van der Waals surface area contributed by atoms with Crippen molar-refractivity contribution in [2.24, 2.45) is 5.92 Å². The van der Waals surface area contributed by atoms with Crippen molar-refractivity contribution in [3.8, 4) is 5.75 Å². The molecule has 110 valence electrons. The Kier molecular flexibility index (Phi) is 6.31. The Morgan fingerprint density at radius 1 is 1.40 bits per heavy atom. The van der Waals surface area contributed by atoms with Gasteiger partial charge in [-0.1, -0.05) is 25.4 Å². The fourth-order valence-corrected chi connectivity index (χ4v) is 1.68. The second-order valence-electron chi connectivity index (χ2n) is 4.77. The van der Waals surface area contributed by atoms with Crippen molar-refractivity contribution in [3.63, 3.8) is 0 Å². The Morgan fingerprint density at radius 3 is 2.65 bits per heavy atom. The van der Waals surface area contributed by atoms with Gasteiger partial charge in [-0.3, -0.25) is 4.79 Å². The second kappa shape index (κ2) is 7.75. The normalized spacial score (nSPS) is 10.4. The molecule has 20 heavy (non-hydrogen) atoms. The van der Waals surface area contributed by atoms with Crippen molar-refractivity contribution >= 4 is 23.5 Å². The molecule has 0 radical (unpaired) electrons.